The van der Waals surface area contributed by atoms with Crippen molar-refractivity contribution in [3.8, 4) is 0 Å². The van der Waals surface area contributed by atoms with E-state index in [1.165, 1.54) is 11.1 Å². The minimum Gasteiger partial charge on any atom is -0.381 e. The number of carbonyl (C=O) groups excluding carboxylic acids is 1. The van der Waals surface area contributed by atoms with Crippen molar-refractivity contribution in [1.82, 2.24) is 24.9 Å². The molecule has 7 nitrogen and oxygen atoms in total. The number of rotatable bonds is 7. The zero-order chi connectivity index (χ0) is 22.0. The molecule has 1 N–H and O–H groups in total. The number of nitrogens with one attached hydrogen (secondary N) is 1. The fraction of sp³-hybridized carbons (Fsp3) is 0.542. The maximum atomic E-state index is 12.7. The van der Waals surface area contributed by atoms with Crippen molar-refractivity contribution in [3.05, 3.63) is 47.3 Å². The molecule has 166 valence electrons. The fourth-order valence-electron chi connectivity index (χ4n) is 4.54. The highest BCUT2D eigenvalue weighted by Gasteiger charge is 2.34. The summed E-state index contributed by atoms with van der Waals surface area (Å²) in [5.41, 5.74) is 5.46. The minimum absolute atomic E-state index is 0.0514. The van der Waals surface area contributed by atoms with E-state index in [0.29, 0.717) is 19.5 Å². The molecular weight excluding hydrogens is 390 g/mol. The number of fused-ring (bicyclic) bond motifs is 1. The second-order valence-corrected chi connectivity index (χ2v) is 9.01. The molecule has 7 heteroatoms. The Morgan fingerprint density at radius 3 is 2.58 bits per heavy atom. The van der Waals surface area contributed by atoms with E-state index >= 15 is 0 Å². The van der Waals surface area contributed by atoms with Gasteiger partial charge in [-0.15, -0.1) is 0 Å². The molecular formula is C24H33N5O2. The second kappa shape index (κ2) is 8.83. The maximum Gasteiger partial charge on any atom is 0.221 e. The van der Waals surface area contributed by atoms with Gasteiger partial charge in [0.1, 0.15) is 11.0 Å². The minimum atomic E-state index is -0.0600. The van der Waals surface area contributed by atoms with Crippen LogP contribution in [0.4, 0.5) is 0 Å². The Morgan fingerprint density at radius 2 is 1.90 bits per heavy atom. The zero-order valence-corrected chi connectivity index (χ0v) is 19.0. The topological polar surface area (TPSA) is 74.0 Å². The Balaban J connectivity index is 1.41. The van der Waals surface area contributed by atoms with Crippen LogP contribution in [-0.2, 0) is 21.5 Å². The average Bonchev–Trinajstić information content (AvgIpc) is 3.33. The van der Waals surface area contributed by atoms with E-state index in [4.69, 9.17) is 4.74 Å². The molecule has 0 bridgehead atoms. The van der Waals surface area contributed by atoms with E-state index in [0.717, 1.165) is 42.8 Å². The lowest BCUT2D eigenvalue weighted by atomic mass is 9.74. The third-order valence-electron chi connectivity index (χ3n) is 6.44. The number of aryl methyl sites for hydroxylation is 3. The van der Waals surface area contributed by atoms with Crippen LogP contribution in [0.1, 0.15) is 56.0 Å². The van der Waals surface area contributed by atoms with Gasteiger partial charge in [0, 0.05) is 37.6 Å². The Labute approximate surface area is 183 Å². The highest BCUT2D eigenvalue weighted by atomic mass is 16.5. The lowest BCUT2D eigenvalue weighted by Crippen LogP contribution is -2.44. The highest BCUT2D eigenvalue weighted by Crippen LogP contribution is 2.34. The van der Waals surface area contributed by atoms with Gasteiger partial charge in [0.05, 0.1) is 18.4 Å². The monoisotopic (exact) mass is 423 g/mol. The van der Waals surface area contributed by atoms with Crippen molar-refractivity contribution in [2.75, 3.05) is 19.8 Å². The lowest BCUT2D eigenvalue weighted by molar-refractivity contribution is -0.121. The summed E-state index contributed by atoms with van der Waals surface area (Å²) in [6.07, 6.45) is 4.08. The molecule has 1 aromatic carbocycles. The Kier molecular flexibility index (Phi) is 6.14. The molecule has 0 aliphatic carbocycles. The van der Waals surface area contributed by atoms with Crippen molar-refractivity contribution >= 4 is 16.9 Å². The number of hydrogen-bond donors (Lipinski definition) is 1. The SMILES string of the molecule is Cc1ccc(C2(CNC(=O)CCn3ncc4c3c(C)nn4C(C)C)CCOCC2)cc1. The van der Waals surface area contributed by atoms with Gasteiger partial charge in [-0.25, -0.2) is 0 Å². The van der Waals surface area contributed by atoms with Crippen molar-refractivity contribution in [2.45, 2.75) is 65.0 Å². The van der Waals surface area contributed by atoms with Gasteiger partial charge >= 0.3 is 0 Å². The molecule has 0 saturated carbocycles. The summed E-state index contributed by atoms with van der Waals surface area (Å²) in [7, 11) is 0. The van der Waals surface area contributed by atoms with Gasteiger partial charge in [0.2, 0.25) is 5.91 Å². The first kappa shape index (κ1) is 21.6. The van der Waals surface area contributed by atoms with Crippen LogP contribution < -0.4 is 5.32 Å². The molecule has 31 heavy (non-hydrogen) atoms. The molecule has 2 aromatic heterocycles. The van der Waals surface area contributed by atoms with Crippen molar-refractivity contribution in [1.29, 1.82) is 0 Å². The van der Waals surface area contributed by atoms with Crippen LogP contribution in [-0.4, -0.2) is 45.2 Å². The highest BCUT2D eigenvalue weighted by molar-refractivity contribution is 5.79. The number of amides is 1. The van der Waals surface area contributed by atoms with E-state index in [-0.39, 0.29) is 17.4 Å². The summed E-state index contributed by atoms with van der Waals surface area (Å²) in [5.74, 6) is 0.0514. The van der Waals surface area contributed by atoms with Gasteiger partial charge in [-0.3, -0.25) is 14.2 Å². The van der Waals surface area contributed by atoms with E-state index in [9.17, 15) is 4.79 Å². The molecule has 1 aliphatic heterocycles. The predicted octanol–water partition coefficient (Wildman–Crippen LogP) is 3.69. The Hall–Kier alpha value is -2.67. The molecule has 0 atom stereocenters. The molecule has 3 aromatic rings. The van der Waals surface area contributed by atoms with E-state index in [2.05, 4.69) is 60.6 Å². The number of hydrogen-bond acceptors (Lipinski definition) is 4. The van der Waals surface area contributed by atoms with Gasteiger partial charge in [-0.1, -0.05) is 29.8 Å². The summed E-state index contributed by atoms with van der Waals surface area (Å²) in [5, 5.41) is 12.3. The zero-order valence-electron chi connectivity index (χ0n) is 19.0. The smallest absolute Gasteiger partial charge is 0.221 e. The predicted molar refractivity (Wildman–Crippen MR) is 121 cm³/mol. The summed E-state index contributed by atoms with van der Waals surface area (Å²) in [6, 6.07) is 8.97. The normalized spacial score (nSPS) is 16.2. The largest absolute Gasteiger partial charge is 0.381 e. The summed E-state index contributed by atoms with van der Waals surface area (Å²) >= 11 is 0. The molecule has 1 fully saturated rings. The molecule has 4 rings (SSSR count). The Bertz CT molecular complexity index is 1040. The molecule has 3 heterocycles. The number of aromatic nitrogens is 4. The number of ether oxygens (including phenoxy) is 1. The Morgan fingerprint density at radius 1 is 1.19 bits per heavy atom. The lowest BCUT2D eigenvalue weighted by Gasteiger charge is -2.38. The molecule has 1 amide bonds. The van der Waals surface area contributed by atoms with Crippen LogP contribution in [0.25, 0.3) is 11.0 Å². The van der Waals surface area contributed by atoms with E-state index < -0.39 is 0 Å². The third kappa shape index (κ3) is 4.37. The van der Waals surface area contributed by atoms with Crippen LogP contribution in [0.15, 0.2) is 30.5 Å². The first-order valence-corrected chi connectivity index (χ1v) is 11.2. The molecule has 0 spiro atoms. The average molecular weight is 424 g/mol. The number of benzene rings is 1. The molecule has 0 unspecified atom stereocenters. The van der Waals surface area contributed by atoms with Gasteiger partial charge < -0.3 is 10.1 Å². The van der Waals surface area contributed by atoms with Crippen LogP contribution in [0.2, 0.25) is 0 Å². The second-order valence-electron chi connectivity index (χ2n) is 9.01. The van der Waals surface area contributed by atoms with Gasteiger partial charge in [0.25, 0.3) is 0 Å². The summed E-state index contributed by atoms with van der Waals surface area (Å²) in [6.45, 7) is 10.9. The van der Waals surface area contributed by atoms with Crippen molar-refractivity contribution in [3.63, 3.8) is 0 Å². The molecule has 1 aliphatic rings. The summed E-state index contributed by atoms with van der Waals surface area (Å²) in [4.78, 5) is 12.7. The maximum absolute atomic E-state index is 12.7. The first-order valence-electron chi connectivity index (χ1n) is 11.2. The van der Waals surface area contributed by atoms with Crippen LogP contribution in [0, 0.1) is 13.8 Å². The molecule has 0 radical (unpaired) electrons. The number of nitrogens with zero attached hydrogens (tertiary/aromatic N) is 4. The van der Waals surface area contributed by atoms with Crippen LogP contribution in [0.3, 0.4) is 0 Å². The number of carbonyl (C=O) groups is 1. The van der Waals surface area contributed by atoms with E-state index in [1.54, 1.807) is 0 Å². The van der Waals surface area contributed by atoms with Crippen LogP contribution in [0.5, 0.6) is 0 Å². The standard InChI is InChI=1S/C24H33N5O2/c1-17(2)29-21-15-26-28(23(21)19(4)27-29)12-9-22(30)25-16-24(10-13-31-14-11-24)20-7-5-18(3)6-8-20/h5-8,15,17H,9-14,16H2,1-4H3,(H,25,30). The van der Waals surface area contributed by atoms with Gasteiger partial charge in [-0.05, 0) is 46.1 Å². The van der Waals surface area contributed by atoms with Crippen LogP contribution >= 0.6 is 0 Å². The first-order chi connectivity index (χ1) is 14.9. The molecule has 1 saturated heterocycles. The third-order valence-corrected chi connectivity index (χ3v) is 6.44. The summed E-state index contributed by atoms with van der Waals surface area (Å²) < 4.78 is 9.51. The fourth-order valence-corrected chi connectivity index (χ4v) is 4.54. The van der Waals surface area contributed by atoms with Gasteiger partial charge in [-0.2, -0.15) is 10.2 Å². The van der Waals surface area contributed by atoms with Crippen molar-refractivity contribution in [2.24, 2.45) is 0 Å². The quantitative estimate of drug-likeness (QED) is 0.629. The van der Waals surface area contributed by atoms with Gasteiger partial charge in [0.15, 0.2) is 0 Å². The van der Waals surface area contributed by atoms with E-state index in [1.807, 2.05) is 22.5 Å². The van der Waals surface area contributed by atoms with Crippen molar-refractivity contribution < 1.29 is 9.53 Å².